The summed E-state index contributed by atoms with van der Waals surface area (Å²) in [7, 11) is 0. The van der Waals surface area contributed by atoms with Gasteiger partial charge in [-0.05, 0) is 39.3 Å². The number of aromatic nitrogens is 1. The van der Waals surface area contributed by atoms with Gasteiger partial charge in [0.25, 0.3) is 0 Å². The van der Waals surface area contributed by atoms with Crippen molar-refractivity contribution in [2.75, 3.05) is 6.54 Å². The van der Waals surface area contributed by atoms with Crippen LogP contribution in [0.4, 0.5) is 4.79 Å². The van der Waals surface area contributed by atoms with E-state index in [2.05, 4.69) is 4.98 Å². The van der Waals surface area contributed by atoms with Crippen molar-refractivity contribution in [3.8, 4) is 5.75 Å². The van der Waals surface area contributed by atoms with Crippen molar-refractivity contribution in [2.24, 2.45) is 0 Å². The Morgan fingerprint density at radius 3 is 2.86 bits per heavy atom. The first-order valence-corrected chi connectivity index (χ1v) is 7.46. The number of hydrogen-bond donors (Lipinski definition) is 0. The number of hydrogen-bond acceptors (Lipinski definition) is 4. The summed E-state index contributed by atoms with van der Waals surface area (Å²) < 4.78 is 11.3. The third kappa shape index (κ3) is 4.24. The van der Waals surface area contributed by atoms with E-state index in [-0.39, 0.29) is 12.2 Å². The van der Waals surface area contributed by atoms with Gasteiger partial charge in [-0.25, -0.2) is 9.78 Å². The van der Waals surface area contributed by atoms with Gasteiger partial charge in [-0.1, -0.05) is 18.5 Å². The van der Waals surface area contributed by atoms with Gasteiger partial charge in [-0.3, -0.25) is 4.90 Å². The highest BCUT2D eigenvalue weighted by Gasteiger charge is 2.29. The van der Waals surface area contributed by atoms with Crippen molar-refractivity contribution in [2.45, 2.75) is 52.4 Å². The van der Waals surface area contributed by atoms with E-state index in [1.165, 1.54) is 0 Å². The Balaban J connectivity index is 2.25. The van der Waals surface area contributed by atoms with Gasteiger partial charge in [0.1, 0.15) is 28.3 Å². The van der Waals surface area contributed by atoms with Gasteiger partial charge in [-0.15, -0.1) is 0 Å². The van der Waals surface area contributed by atoms with Crippen molar-refractivity contribution in [1.29, 1.82) is 0 Å². The molecule has 0 unspecified atom stereocenters. The molecule has 0 fully saturated rings. The summed E-state index contributed by atoms with van der Waals surface area (Å²) in [5.74, 6) is 0.678. The quantitative estimate of drug-likeness (QED) is 0.743. The number of pyridine rings is 1. The van der Waals surface area contributed by atoms with E-state index in [4.69, 9.17) is 21.1 Å². The number of nitrogens with zero attached hydrogens (tertiary/aromatic N) is 2. The fraction of sp³-hybridized carbons (Fsp3) is 0.600. The highest BCUT2D eigenvalue weighted by molar-refractivity contribution is 6.29. The van der Waals surface area contributed by atoms with Crippen LogP contribution in [0, 0.1) is 0 Å². The van der Waals surface area contributed by atoms with E-state index in [1.54, 1.807) is 17.0 Å². The molecule has 0 radical (unpaired) electrons. The van der Waals surface area contributed by atoms with E-state index in [0.717, 1.165) is 6.42 Å². The second kappa shape index (κ2) is 6.10. The van der Waals surface area contributed by atoms with Crippen LogP contribution in [0.2, 0.25) is 5.15 Å². The Hall–Kier alpha value is -1.49. The molecule has 2 rings (SSSR count). The highest BCUT2D eigenvalue weighted by Crippen LogP contribution is 2.27. The molecule has 1 aliphatic heterocycles. The molecule has 0 N–H and O–H groups in total. The Bertz CT molecular complexity index is 528. The molecule has 0 aromatic carbocycles. The molecule has 116 valence electrons. The predicted molar refractivity (Wildman–Crippen MR) is 80.6 cm³/mol. The van der Waals surface area contributed by atoms with Gasteiger partial charge in [0.2, 0.25) is 0 Å². The lowest BCUT2D eigenvalue weighted by molar-refractivity contribution is 0.0176. The molecule has 5 nitrogen and oxygen atoms in total. The topological polar surface area (TPSA) is 51.7 Å². The summed E-state index contributed by atoms with van der Waals surface area (Å²) >= 11 is 5.93. The molecule has 1 aromatic rings. The third-order valence-electron chi connectivity index (χ3n) is 3.06. The van der Waals surface area contributed by atoms with Crippen LogP contribution in [0.15, 0.2) is 12.1 Å². The molecule has 2 heterocycles. The molecule has 0 spiro atoms. The van der Waals surface area contributed by atoms with Crippen LogP contribution in [0.3, 0.4) is 0 Å². The van der Waals surface area contributed by atoms with Gasteiger partial charge in [0, 0.05) is 0 Å². The lowest BCUT2D eigenvalue weighted by Crippen LogP contribution is -2.40. The number of amides is 1. The zero-order chi connectivity index (χ0) is 15.6. The van der Waals surface area contributed by atoms with Gasteiger partial charge in [-0.2, -0.15) is 0 Å². The van der Waals surface area contributed by atoms with Crippen LogP contribution >= 0.6 is 11.6 Å². The molecule has 1 amide bonds. The van der Waals surface area contributed by atoms with Crippen molar-refractivity contribution >= 4 is 17.7 Å². The van der Waals surface area contributed by atoms with E-state index in [0.29, 0.717) is 29.7 Å². The minimum atomic E-state index is -0.531. The summed E-state index contributed by atoms with van der Waals surface area (Å²) in [4.78, 5) is 18.2. The van der Waals surface area contributed by atoms with Gasteiger partial charge >= 0.3 is 6.09 Å². The van der Waals surface area contributed by atoms with E-state index in [9.17, 15) is 4.79 Å². The molecule has 0 saturated carbocycles. The summed E-state index contributed by atoms with van der Waals surface area (Å²) in [6.45, 7) is 8.37. The average molecular weight is 313 g/mol. The van der Waals surface area contributed by atoms with Crippen LogP contribution in [0.5, 0.6) is 5.75 Å². The first-order chi connectivity index (χ1) is 9.78. The minimum absolute atomic E-state index is 0.0817. The highest BCUT2D eigenvalue weighted by atomic mass is 35.5. The molecular weight excluding hydrogens is 292 g/mol. The maximum absolute atomic E-state index is 12.3. The number of fused-ring (bicyclic) bond motifs is 1. The number of carbonyl (C=O) groups excluding carboxylic acids is 1. The maximum atomic E-state index is 12.3. The minimum Gasteiger partial charge on any atom is -0.487 e. The summed E-state index contributed by atoms with van der Waals surface area (Å²) in [5.41, 5.74) is 0.126. The van der Waals surface area contributed by atoms with E-state index in [1.807, 2.05) is 27.7 Å². The second-order valence-electron chi connectivity index (χ2n) is 6.09. The zero-order valence-electron chi connectivity index (χ0n) is 12.9. The molecule has 0 bridgehead atoms. The number of ether oxygens (including phenoxy) is 2. The first kappa shape index (κ1) is 15.9. The monoisotopic (exact) mass is 312 g/mol. The summed E-state index contributed by atoms with van der Waals surface area (Å²) in [6.07, 6.45) is 0.349. The molecular formula is C15H21ClN2O3. The number of halogens is 1. The molecule has 21 heavy (non-hydrogen) atoms. The van der Waals surface area contributed by atoms with Crippen molar-refractivity contribution in [3.63, 3.8) is 0 Å². The van der Waals surface area contributed by atoms with Gasteiger partial charge in [0.05, 0.1) is 13.1 Å². The summed E-state index contributed by atoms with van der Waals surface area (Å²) in [6, 6.07) is 3.49. The predicted octanol–water partition coefficient (Wildman–Crippen LogP) is 3.64. The van der Waals surface area contributed by atoms with Crippen LogP contribution in [-0.2, 0) is 11.3 Å². The van der Waals surface area contributed by atoms with Gasteiger partial charge < -0.3 is 9.47 Å². The Kier molecular flexibility index (Phi) is 4.61. The standard InChI is InChI=1S/C15H21ClN2O3/c1-5-10-8-18(14(19)21-15(2,3)4)9-11-12(20-10)6-7-13(16)17-11/h6-7,10H,5,8-9H2,1-4H3/t10-/m0/s1. The Morgan fingerprint density at radius 1 is 1.52 bits per heavy atom. The van der Waals surface area contributed by atoms with E-state index < -0.39 is 5.60 Å². The van der Waals surface area contributed by atoms with Crippen molar-refractivity contribution in [1.82, 2.24) is 9.88 Å². The van der Waals surface area contributed by atoms with Crippen molar-refractivity contribution < 1.29 is 14.3 Å². The lowest BCUT2D eigenvalue weighted by Gasteiger charge is -2.27. The Labute approximate surface area is 130 Å². The van der Waals surface area contributed by atoms with Crippen LogP contribution in [0.1, 0.15) is 39.8 Å². The smallest absolute Gasteiger partial charge is 0.410 e. The second-order valence-corrected chi connectivity index (χ2v) is 6.48. The van der Waals surface area contributed by atoms with Crippen LogP contribution in [-0.4, -0.2) is 34.2 Å². The fourth-order valence-electron chi connectivity index (χ4n) is 2.07. The zero-order valence-corrected chi connectivity index (χ0v) is 13.6. The number of rotatable bonds is 1. The van der Waals surface area contributed by atoms with Crippen LogP contribution in [0.25, 0.3) is 0 Å². The fourth-order valence-corrected chi connectivity index (χ4v) is 2.23. The molecule has 1 aliphatic rings. The molecule has 1 aromatic heterocycles. The SMILES string of the molecule is CC[C@H]1CN(C(=O)OC(C)(C)C)Cc2nc(Cl)ccc2O1. The largest absolute Gasteiger partial charge is 0.487 e. The normalized spacial score (nSPS) is 18.5. The molecule has 0 aliphatic carbocycles. The third-order valence-corrected chi connectivity index (χ3v) is 3.27. The Morgan fingerprint density at radius 2 is 2.24 bits per heavy atom. The van der Waals surface area contributed by atoms with E-state index >= 15 is 0 Å². The molecule has 1 atom stereocenters. The molecule has 0 saturated heterocycles. The molecule has 6 heteroatoms. The first-order valence-electron chi connectivity index (χ1n) is 7.08. The van der Waals surface area contributed by atoms with Gasteiger partial charge in [0.15, 0.2) is 0 Å². The van der Waals surface area contributed by atoms with Crippen LogP contribution < -0.4 is 4.74 Å². The maximum Gasteiger partial charge on any atom is 0.410 e. The lowest BCUT2D eigenvalue weighted by atomic mass is 10.2. The summed E-state index contributed by atoms with van der Waals surface area (Å²) in [5, 5.41) is 0.386. The average Bonchev–Trinajstić information content (AvgIpc) is 2.55. The van der Waals surface area contributed by atoms with Crippen molar-refractivity contribution in [3.05, 3.63) is 23.0 Å². The number of carbonyl (C=O) groups is 1.